The molecule has 0 radical (unpaired) electrons. The number of carbonyl (C=O) groups excluding carboxylic acids is 1. The van der Waals surface area contributed by atoms with E-state index < -0.39 is 0 Å². The Bertz CT molecular complexity index is 1000. The highest BCUT2D eigenvalue weighted by molar-refractivity contribution is 6.33. The van der Waals surface area contributed by atoms with Crippen LogP contribution >= 0.6 is 11.6 Å². The normalized spacial score (nSPS) is 15.6. The van der Waals surface area contributed by atoms with Gasteiger partial charge in [0.2, 0.25) is 0 Å². The Morgan fingerprint density at radius 1 is 0.933 bits per heavy atom. The lowest BCUT2D eigenvalue weighted by molar-refractivity contribution is -0.914. The van der Waals surface area contributed by atoms with Crippen LogP contribution in [-0.2, 0) is 4.79 Å². The number of para-hydroxylation sites is 2. The van der Waals surface area contributed by atoms with Gasteiger partial charge in [-0.3, -0.25) is 4.79 Å². The third kappa shape index (κ3) is 4.50. The van der Waals surface area contributed by atoms with E-state index in [0.29, 0.717) is 0 Å². The van der Waals surface area contributed by atoms with E-state index >= 15 is 0 Å². The number of benzene rings is 3. The van der Waals surface area contributed by atoms with Gasteiger partial charge in [0.05, 0.1) is 36.9 Å². The van der Waals surface area contributed by atoms with Crippen LogP contribution in [0.1, 0.15) is 6.92 Å². The van der Waals surface area contributed by atoms with Gasteiger partial charge >= 0.3 is 0 Å². The molecular formula is C25H27ClN3O+. The van der Waals surface area contributed by atoms with Crippen molar-refractivity contribution in [2.24, 2.45) is 0 Å². The van der Waals surface area contributed by atoms with E-state index in [-0.39, 0.29) is 11.9 Å². The largest absolute Gasteiger partial charge is 0.359 e. The molecule has 30 heavy (non-hydrogen) atoms. The minimum atomic E-state index is -0.123. The Morgan fingerprint density at radius 2 is 1.57 bits per heavy atom. The highest BCUT2D eigenvalue weighted by Crippen LogP contribution is 2.27. The number of hydrogen-bond donors (Lipinski definition) is 2. The molecule has 0 bridgehead atoms. The third-order valence-corrected chi connectivity index (χ3v) is 6.19. The second kappa shape index (κ2) is 9.33. The lowest BCUT2D eigenvalue weighted by Crippen LogP contribution is -3.19. The number of amides is 1. The fourth-order valence-corrected chi connectivity index (χ4v) is 4.32. The van der Waals surface area contributed by atoms with Crippen molar-refractivity contribution in [1.82, 2.24) is 0 Å². The molecule has 154 valence electrons. The zero-order chi connectivity index (χ0) is 20.9. The summed E-state index contributed by atoms with van der Waals surface area (Å²) < 4.78 is 0. The summed E-state index contributed by atoms with van der Waals surface area (Å²) >= 11 is 6.35. The van der Waals surface area contributed by atoms with Gasteiger partial charge in [0, 0.05) is 11.3 Å². The lowest BCUT2D eigenvalue weighted by Gasteiger charge is -2.36. The third-order valence-electron chi connectivity index (χ3n) is 5.87. The van der Waals surface area contributed by atoms with Gasteiger partial charge in [0.25, 0.3) is 5.91 Å². The van der Waals surface area contributed by atoms with Crippen LogP contribution in [0, 0.1) is 0 Å². The summed E-state index contributed by atoms with van der Waals surface area (Å²) in [6.07, 6.45) is 0. The number of nitrogens with zero attached hydrogens (tertiary/aromatic N) is 1. The molecule has 1 aliphatic rings. The molecule has 4 nitrogen and oxygen atoms in total. The second-order valence-corrected chi connectivity index (χ2v) is 8.13. The monoisotopic (exact) mass is 420 g/mol. The summed E-state index contributed by atoms with van der Waals surface area (Å²) in [4.78, 5) is 16.6. The molecule has 1 saturated heterocycles. The molecule has 0 spiro atoms. The van der Waals surface area contributed by atoms with Crippen molar-refractivity contribution in [3.8, 4) is 11.1 Å². The standard InChI is InChI=1S/C25H26ClN3O/c1-19(28-15-17-29(18-16-28)24-14-8-6-12-22(24)26)25(30)27-23-13-7-5-11-21(23)20-9-3-2-4-10-20/h2-14,19H,15-18H2,1H3,(H,27,30)/p+1/t19-/m0/s1. The van der Waals surface area contributed by atoms with E-state index in [0.717, 1.165) is 53.7 Å². The molecule has 0 unspecified atom stereocenters. The maximum absolute atomic E-state index is 13.0. The Kier molecular flexibility index (Phi) is 6.36. The van der Waals surface area contributed by atoms with Crippen molar-refractivity contribution < 1.29 is 9.69 Å². The van der Waals surface area contributed by atoms with Crippen molar-refractivity contribution in [3.63, 3.8) is 0 Å². The van der Waals surface area contributed by atoms with Crippen LogP contribution in [0.15, 0.2) is 78.9 Å². The van der Waals surface area contributed by atoms with Crippen molar-refractivity contribution in [2.45, 2.75) is 13.0 Å². The molecule has 1 amide bonds. The first kappa shape index (κ1) is 20.5. The maximum Gasteiger partial charge on any atom is 0.282 e. The highest BCUT2D eigenvalue weighted by Gasteiger charge is 2.30. The first-order chi connectivity index (χ1) is 14.6. The van der Waals surface area contributed by atoms with Gasteiger partial charge in [-0.05, 0) is 30.7 Å². The summed E-state index contributed by atoms with van der Waals surface area (Å²) in [6.45, 7) is 5.59. The molecule has 1 heterocycles. The number of rotatable bonds is 5. The van der Waals surface area contributed by atoms with Gasteiger partial charge in [-0.25, -0.2) is 0 Å². The number of halogens is 1. The van der Waals surface area contributed by atoms with Gasteiger partial charge in [-0.2, -0.15) is 0 Å². The molecule has 3 aromatic carbocycles. The van der Waals surface area contributed by atoms with E-state index in [1.807, 2.05) is 67.6 Å². The summed E-state index contributed by atoms with van der Waals surface area (Å²) in [5, 5.41) is 3.95. The van der Waals surface area contributed by atoms with Crippen LogP contribution in [0.3, 0.4) is 0 Å². The molecule has 1 fully saturated rings. The Labute approximate surface area is 183 Å². The zero-order valence-corrected chi connectivity index (χ0v) is 17.9. The number of nitrogens with one attached hydrogen (secondary N) is 2. The van der Waals surface area contributed by atoms with Gasteiger partial charge in [0.15, 0.2) is 6.04 Å². The van der Waals surface area contributed by atoms with Crippen molar-refractivity contribution in [1.29, 1.82) is 0 Å². The fraction of sp³-hybridized carbons (Fsp3) is 0.240. The minimum absolute atomic E-state index is 0.0552. The molecular weight excluding hydrogens is 394 g/mol. The quantitative estimate of drug-likeness (QED) is 0.659. The summed E-state index contributed by atoms with van der Waals surface area (Å²) in [5.41, 5.74) is 4.07. The van der Waals surface area contributed by atoms with Gasteiger partial charge in [-0.15, -0.1) is 0 Å². The van der Waals surface area contributed by atoms with Crippen molar-refractivity contribution >= 4 is 28.9 Å². The number of anilines is 2. The predicted molar refractivity (Wildman–Crippen MR) is 124 cm³/mol. The number of quaternary nitrogens is 1. The van der Waals surface area contributed by atoms with Crippen LogP contribution in [0.25, 0.3) is 11.1 Å². The highest BCUT2D eigenvalue weighted by atomic mass is 35.5. The minimum Gasteiger partial charge on any atom is -0.359 e. The lowest BCUT2D eigenvalue weighted by atomic mass is 10.0. The number of carbonyl (C=O) groups is 1. The molecule has 0 aromatic heterocycles. The Morgan fingerprint density at radius 3 is 2.30 bits per heavy atom. The molecule has 2 N–H and O–H groups in total. The first-order valence-electron chi connectivity index (χ1n) is 10.4. The molecule has 1 aliphatic heterocycles. The fourth-order valence-electron chi connectivity index (χ4n) is 4.06. The van der Waals surface area contributed by atoms with E-state index in [4.69, 9.17) is 11.6 Å². The molecule has 5 heteroatoms. The molecule has 4 rings (SSSR count). The zero-order valence-electron chi connectivity index (χ0n) is 17.1. The number of hydrogen-bond acceptors (Lipinski definition) is 2. The summed E-state index contributed by atoms with van der Waals surface area (Å²) in [6, 6.07) is 26.0. The molecule has 0 saturated carbocycles. The number of piperazine rings is 1. The Hall–Kier alpha value is -2.82. The second-order valence-electron chi connectivity index (χ2n) is 7.72. The van der Waals surface area contributed by atoms with Crippen LogP contribution in [0.2, 0.25) is 5.02 Å². The molecule has 3 aromatic rings. The van der Waals surface area contributed by atoms with Crippen LogP contribution < -0.4 is 15.1 Å². The Balaban J connectivity index is 1.40. The average molecular weight is 421 g/mol. The van der Waals surface area contributed by atoms with E-state index in [9.17, 15) is 4.79 Å². The van der Waals surface area contributed by atoms with E-state index in [1.165, 1.54) is 4.90 Å². The van der Waals surface area contributed by atoms with Gasteiger partial charge in [-0.1, -0.05) is 72.3 Å². The smallest absolute Gasteiger partial charge is 0.282 e. The molecule has 0 aliphatic carbocycles. The van der Waals surface area contributed by atoms with Crippen molar-refractivity contribution in [2.75, 3.05) is 36.4 Å². The average Bonchev–Trinajstić information content (AvgIpc) is 2.80. The van der Waals surface area contributed by atoms with E-state index in [2.05, 4.69) is 28.4 Å². The summed E-state index contributed by atoms with van der Waals surface area (Å²) in [5.74, 6) is 0.0552. The van der Waals surface area contributed by atoms with Gasteiger partial charge < -0.3 is 15.1 Å². The molecule has 1 atom stereocenters. The first-order valence-corrected chi connectivity index (χ1v) is 10.8. The van der Waals surface area contributed by atoms with Crippen LogP contribution in [-0.4, -0.2) is 38.1 Å². The van der Waals surface area contributed by atoms with E-state index in [1.54, 1.807) is 0 Å². The van der Waals surface area contributed by atoms with Crippen molar-refractivity contribution in [3.05, 3.63) is 83.9 Å². The maximum atomic E-state index is 13.0. The summed E-state index contributed by atoms with van der Waals surface area (Å²) in [7, 11) is 0. The van der Waals surface area contributed by atoms with Crippen LogP contribution in [0.5, 0.6) is 0 Å². The van der Waals surface area contributed by atoms with Crippen LogP contribution in [0.4, 0.5) is 11.4 Å². The van der Waals surface area contributed by atoms with Gasteiger partial charge in [0.1, 0.15) is 0 Å². The predicted octanol–water partition coefficient (Wildman–Crippen LogP) is 3.74. The topological polar surface area (TPSA) is 36.8 Å². The SMILES string of the molecule is C[C@@H](C(=O)Nc1ccccc1-c1ccccc1)[NH+]1CCN(c2ccccc2Cl)CC1.